The van der Waals surface area contributed by atoms with Gasteiger partial charge in [0.15, 0.2) is 0 Å². The van der Waals surface area contributed by atoms with Crippen molar-refractivity contribution in [3.05, 3.63) is 0 Å². The molecule has 2 fully saturated rings. The van der Waals surface area contributed by atoms with Gasteiger partial charge in [-0.05, 0) is 31.7 Å². The number of nitrogens with one attached hydrogen (secondary N) is 1. The highest BCUT2D eigenvalue weighted by Crippen LogP contribution is 2.25. The van der Waals surface area contributed by atoms with Crippen LogP contribution in [0.4, 0.5) is 0 Å². The highest BCUT2D eigenvalue weighted by molar-refractivity contribution is 4.70. The molecule has 0 aromatic heterocycles. The molecule has 112 valence electrons. The van der Waals surface area contributed by atoms with Crippen LogP contribution >= 0.6 is 0 Å². The first kappa shape index (κ1) is 15.4. The van der Waals surface area contributed by atoms with Gasteiger partial charge in [0.1, 0.15) is 0 Å². The van der Waals surface area contributed by atoms with Crippen LogP contribution in [-0.4, -0.2) is 12.6 Å². The molecule has 1 aliphatic carbocycles. The first-order valence-electron chi connectivity index (χ1n) is 9.18. The van der Waals surface area contributed by atoms with Gasteiger partial charge in [-0.15, -0.1) is 0 Å². The van der Waals surface area contributed by atoms with E-state index in [1.54, 1.807) is 0 Å². The molecular weight excluding hydrogens is 230 g/mol. The Bertz CT molecular complexity index is 176. The second-order valence-corrected chi connectivity index (χ2v) is 7.00. The van der Waals surface area contributed by atoms with Crippen LogP contribution in [0.5, 0.6) is 0 Å². The normalized spacial score (nSPS) is 32.8. The van der Waals surface area contributed by atoms with Crippen LogP contribution in [0.2, 0.25) is 0 Å². The van der Waals surface area contributed by atoms with Crippen molar-refractivity contribution in [1.82, 2.24) is 5.32 Å². The lowest BCUT2D eigenvalue weighted by Crippen LogP contribution is -2.30. The lowest BCUT2D eigenvalue weighted by atomic mass is 9.90. The lowest BCUT2D eigenvalue weighted by Gasteiger charge is -2.19. The number of hydrogen-bond donors (Lipinski definition) is 1. The van der Waals surface area contributed by atoms with Gasteiger partial charge in [0.05, 0.1) is 0 Å². The molecule has 1 saturated heterocycles. The maximum atomic E-state index is 3.85. The van der Waals surface area contributed by atoms with Crippen molar-refractivity contribution in [1.29, 1.82) is 0 Å². The van der Waals surface area contributed by atoms with E-state index in [0.717, 1.165) is 12.0 Å². The van der Waals surface area contributed by atoms with Gasteiger partial charge in [0.25, 0.3) is 0 Å². The van der Waals surface area contributed by atoms with Gasteiger partial charge in [0.2, 0.25) is 0 Å². The molecule has 0 radical (unpaired) electrons. The highest BCUT2D eigenvalue weighted by atomic mass is 14.9. The smallest absolute Gasteiger partial charge is 0.00670 e. The van der Waals surface area contributed by atoms with Gasteiger partial charge < -0.3 is 5.32 Å². The summed E-state index contributed by atoms with van der Waals surface area (Å²) in [6.07, 6.45) is 22.2. The molecule has 1 aliphatic heterocycles. The summed E-state index contributed by atoms with van der Waals surface area (Å²) in [4.78, 5) is 0. The third-order valence-electron chi connectivity index (χ3n) is 5.30. The Morgan fingerprint density at radius 2 is 0.947 bits per heavy atom. The van der Waals surface area contributed by atoms with Crippen molar-refractivity contribution in [3.8, 4) is 0 Å². The Balaban J connectivity index is 1.90. The summed E-state index contributed by atoms with van der Waals surface area (Å²) in [7, 11) is 0. The van der Waals surface area contributed by atoms with Gasteiger partial charge in [0, 0.05) is 6.04 Å². The van der Waals surface area contributed by atoms with E-state index in [4.69, 9.17) is 0 Å². The Labute approximate surface area is 120 Å². The van der Waals surface area contributed by atoms with Crippen molar-refractivity contribution in [2.24, 2.45) is 5.92 Å². The summed E-state index contributed by atoms with van der Waals surface area (Å²) in [5.41, 5.74) is 0. The number of rotatable bonds is 0. The van der Waals surface area contributed by atoms with Crippen LogP contribution in [-0.2, 0) is 0 Å². The van der Waals surface area contributed by atoms with E-state index in [2.05, 4.69) is 5.32 Å². The van der Waals surface area contributed by atoms with Crippen LogP contribution in [0.1, 0.15) is 96.3 Å². The molecule has 19 heavy (non-hydrogen) atoms. The highest BCUT2D eigenvalue weighted by Gasteiger charge is 2.13. The standard InChI is InChI=1S/C18H35N/c1-2-8-14-18-15-9-3-6-12-17(11-5-1)13-7-4-10-16-19-18/h17-19H,1-16H2. The van der Waals surface area contributed by atoms with E-state index in [0.29, 0.717) is 0 Å². The van der Waals surface area contributed by atoms with E-state index in [1.807, 2.05) is 0 Å². The number of hydrogen-bond acceptors (Lipinski definition) is 1. The maximum absolute atomic E-state index is 3.85. The molecule has 2 rings (SSSR count). The summed E-state index contributed by atoms with van der Waals surface area (Å²) in [5.74, 6) is 1.06. The monoisotopic (exact) mass is 265 g/mol. The molecule has 2 atom stereocenters. The van der Waals surface area contributed by atoms with Crippen molar-refractivity contribution in [2.75, 3.05) is 6.54 Å². The molecule has 1 nitrogen and oxygen atoms in total. The fraction of sp³-hybridized carbons (Fsp3) is 1.00. The Morgan fingerprint density at radius 3 is 1.58 bits per heavy atom. The molecule has 0 aromatic carbocycles. The first-order chi connectivity index (χ1) is 9.45. The van der Waals surface area contributed by atoms with E-state index < -0.39 is 0 Å². The first-order valence-corrected chi connectivity index (χ1v) is 9.18. The average Bonchev–Trinajstić information content (AvgIpc) is 2.46. The Morgan fingerprint density at radius 1 is 0.474 bits per heavy atom. The zero-order valence-electron chi connectivity index (χ0n) is 13.0. The SMILES string of the molecule is C1CCCC2CCCCCC(CC1)CCCCCN2. The van der Waals surface area contributed by atoms with E-state index in [9.17, 15) is 0 Å². The largest absolute Gasteiger partial charge is 0.314 e. The Hall–Kier alpha value is -0.0400. The third kappa shape index (κ3) is 6.79. The second kappa shape index (κ2) is 9.80. The quantitative estimate of drug-likeness (QED) is 0.615. The van der Waals surface area contributed by atoms with Crippen molar-refractivity contribution >= 4 is 0 Å². The zero-order chi connectivity index (χ0) is 13.2. The van der Waals surface area contributed by atoms with Crippen molar-refractivity contribution < 1.29 is 0 Å². The molecule has 0 amide bonds. The van der Waals surface area contributed by atoms with Crippen LogP contribution < -0.4 is 5.32 Å². The van der Waals surface area contributed by atoms with Crippen LogP contribution in [0.3, 0.4) is 0 Å². The summed E-state index contributed by atoms with van der Waals surface area (Å²) < 4.78 is 0. The van der Waals surface area contributed by atoms with Gasteiger partial charge in [-0.25, -0.2) is 0 Å². The third-order valence-corrected chi connectivity index (χ3v) is 5.30. The van der Waals surface area contributed by atoms with Gasteiger partial charge >= 0.3 is 0 Å². The van der Waals surface area contributed by atoms with E-state index in [1.165, 1.54) is 103 Å². The topological polar surface area (TPSA) is 12.0 Å². The molecule has 1 heterocycles. The zero-order valence-corrected chi connectivity index (χ0v) is 13.0. The minimum atomic E-state index is 0.831. The van der Waals surface area contributed by atoms with Crippen LogP contribution in [0.15, 0.2) is 0 Å². The van der Waals surface area contributed by atoms with Crippen molar-refractivity contribution in [3.63, 3.8) is 0 Å². The summed E-state index contributed by atoms with van der Waals surface area (Å²) in [6, 6.07) is 0.831. The van der Waals surface area contributed by atoms with Crippen molar-refractivity contribution in [2.45, 2.75) is 102 Å². The molecule has 2 unspecified atom stereocenters. The molecule has 2 aliphatic rings. The van der Waals surface area contributed by atoms with Gasteiger partial charge in [-0.1, -0.05) is 77.0 Å². The average molecular weight is 265 g/mol. The van der Waals surface area contributed by atoms with Crippen LogP contribution in [0, 0.1) is 5.92 Å². The molecule has 0 spiro atoms. The summed E-state index contributed by atoms with van der Waals surface area (Å²) >= 11 is 0. The molecule has 1 heteroatoms. The predicted molar refractivity (Wildman–Crippen MR) is 84.5 cm³/mol. The lowest BCUT2D eigenvalue weighted by molar-refractivity contribution is 0.368. The fourth-order valence-electron chi connectivity index (χ4n) is 4.00. The molecule has 0 aromatic rings. The summed E-state index contributed by atoms with van der Waals surface area (Å²) in [5, 5.41) is 3.85. The Kier molecular flexibility index (Phi) is 7.92. The minimum Gasteiger partial charge on any atom is -0.314 e. The van der Waals surface area contributed by atoms with E-state index >= 15 is 0 Å². The fourth-order valence-corrected chi connectivity index (χ4v) is 4.00. The minimum absolute atomic E-state index is 0.831. The van der Waals surface area contributed by atoms with Gasteiger partial charge in [-0.2, -0.15) is 0 Å². The molecule has 1 N–H and O–H groups in total. The second-order valence-electron chi connectivity index (χ2n) is 7.00. The number of fused-ring (bicyclic) bond motifs is 6. The molecule has 2 bridgehead atoms. The predicted octanol–water partition coefficient (Wildman–Crippen LogP) is 5.44. The van der Waals surface area contributed by atoms with Gasteiger partial charge in [-0.3, -0.25) is 0 Å². The summed E-state index contributed by atoms with van der Waals surface area (Å²) in [6.45, 7) is 1.27. The van der Waals surface area contributed by atoms with E-state index in [-0.39, 0.29) is 0 Å². The molecular formula is C18H35N. The maximum Gasteiger partial charge on any atom is 0.00670 e. The molecule has 1 saturated carbocycles. The van der Waals surface area contributed by atoms with Crippen LogP contribution in [0.25, 0.3) is 0 Å².